The van der Waals surface area contributed by atoms with E-state index in [0.29, 0.717) is 12.8 Å². The lowest BCUT2D eigenvalue weighted by Gasteiger charge is -2.58. The van der Waals surface area contributed by atoms with Crippen LogP contribution in [0.3, 0.4) is 0 Å². The number of hydrogen-bond donors (Lipinski definition) is 0. The maximum atomic E-state index is 14.0. The molecule has 0 spiro atoms. The highest BCUT2D eigenvalue weighted by atomic mass is 28.4. The number of carbonyl (C=O) groups is 1. The van der Waals surface area contributed by atoms with Crippen LogP contribution in [0.25, 0.3) is 0 Å². The van der Waals surface area contributed by atoms with E-state index in [1.165, 1.54) is 0 Å². The molecular formula is C22H29F5O3Si. The molecule has 2 fully saturated rings. The molecule has 1 aromatic rings. The van der Waals surface area contributed by atoms with E-state index < -0.39 is 60.6 Å². The van der Waals surface area contributed by atoms with Crippen LogP contribution in [0.2, 0.25) is 18.1 Å². The van der Waals surface area contributed by atoms with E-state index in [2.05, 4.69) is 33.9 Å². The largest absolute Gasteiger partial charge is 0.420 e. The molecule has 2 aliphatic rings. The number of rotatable bonds is 4. The van der Waals surface area contributed by atoms with Gasteiger partial charge in [0.15, 0.2) is 8.32 Å². The lowest BCUT2D eigenvalue weighted by molar-refractivity contribution is -0.179. The van der Waals surface area contributed by atoms with Gasteiger partial charge in [-0.1, -0.05) is 40.0 Å². The molecule has 3 atom stereocenters. The molecule has 0 heterocycles. The zero-order valence-corrected chi connectivity index (χ0v) is 19.5. The van der Waals surface area contributed by atoms with E-state index in [1.807, 2.05) is 0 Å². The second-order valence-corrected chi connectivity index (χ2v) is 14.9. The van der Waals surface area contributed by atoms with Crippen LogP contribution in [0.15, 0.2) is 0 Å². The van der Waals surface area contributed by atoms with E-state index in [0.717, 1.165) is 25.7 Å². The first-order valence-electron chi connectivity index (χ1n) is 10.7. The Morgan fingerprint density at radius 2 is 1.48 bits per heavy atom. The molecule has 0 radical (unpaired) electrons. The summed E-state index contributed by atoms with van der Waals surface area (Å²) < 4.78 is 80.0. The van der Waals surface area contributed by atoms with Crippen LogP contribution in [0, 0.1) is 40.9 Å². The van der Waals surface area contributed by atoms with Crippen molar-refractivity contribution in [1.29, 1.82) is 0 Å². The van der Waals surface area contributed by atoms with Gasteiger partial charge in [0.2, 0.25) is 34.8 Å². The van der Waals surface area contributed by atoms with E-state index in [9.17, 15) is 26.7 Å². The molecule has 9 heteroatoms. The Hall–Kier alpha value is -1.48. The van der Waals surface area contributed by atoms with Crippen LogP contribution < -0.4 is 4.74 Å². The SMILES string of the molecule is CC(C)(C)[Si](C)(C)O[C@]12CCCCC[C@H]1C[C@@H]2C(=O)Oc1c(F)c(F)c(F)c(F)c1F. The second kappa shape index (κ2) is 8.14. The Kier molecular flexibility index (Phi) is 6.34. The van der Waals surface area contributed by atoms with Crippen molar-refractivity contribution in [1.82, 2.24) is 0 Å². The van der Waals surface area contributed by atoms with Crippen molar-refractivity contribution in [2.45, 2.75) is 83.0 Å². The minimum atomic E-state index is -2.33. The molecule has 2 saturated carbocycles. The predicted molar refractivity (Wildman–Crippen MR) is 108 cm³/mol. The molecule has 0 aliphatic heterocycles. The molecule has 3 nitrogen and oxygen atoms in total. The predicted octanol–water partition coefficient (Wildman–Crippen LogP) is 6.65. The van der Waals surface area contributed by atoms with Crippen molar-refractivity contribution < 1.29 is 35.9 Å². The smallest absolute Gasteiger partial charge is 0.317 e. The van der Waals surface area contributed by atoms with Gasteiger partial charge in [0, 0.05) is 0 Å². The Bertz CT molecular complexity index is 854. The molecule has 0 bridgehead atoms. The average Bonchev–Trinajstić information content (AvgIpc) is 2.81. The van der Waals surface area contributed by atoms with Gasteiger partial charge in [0.1, 0.15) is 0 Å². The van der Waals surface area contributed by atoms with Gasteiger partial charge in [-0.25, -0.2) is 13.2 Å². The molecule has 1 aromatic carbocycles. The van der Waals surface area contributed by atoms with Gasteiger partial charge in [-0.05, 0) is 43.3 Å². The summed E-state index contributed by atoms with van der Waals surface area (Å²) in [6.45, 7) is 10.3. The Morgan fingerprint density at radius 1 is 0.935 bits per heavy atom. The van der Waals surface area contributed by atoms with Crippen LogP contribution >= 0.6 is 0 Å². The fraction of sp³-hybridized carbons (Fsp3) is 0.682. The zero-order valence-electron chi connectivity index (χ0n) is 18.5. The molecule has 0 N–H and O–H groups in total. The quantitative estimate of drug-likeness (QED) is 0.125. The summed E-state index contributed by atoms with van der Waals surface area (Å²) in [6, 6.07) is 0. The summed E-state index contributed by atoms with van der Waals surface area (Å²) in [7, 11) is -2.33. The monoisotopic (exact) mass is 464 g/mol. The fourth-order valence-electron chi connectivity index (χ4n) is 4.49. The fourth-order valence-corrected chi connectivity index (χ4v) is 6.16. The third-order valence-corrected chi connectivity index (χ3v) is 11.8. The van der Waals surface area contributed by atoms with E-state index in [4.69, 9.17) is 9.16 Å². The second-order valence-electron chi connectivity index (χ2n) is 10.2. The van der Waals surface area contributed by atoms with Crippen LogP contribution in [0.1, 0.15) is 59.3 Å². The molecule has 2 aliphatic carbocycles. The van der Waals surface area contributed by atoms with Gasteiger partial charge in [-0.2, -0.15) is 8.78 Å². The van der Waals surface area contributed by atoms with Gasteiger partial charge in [0.05, 0.1) is 11.5 Å². The van der Waals surface area contributed by atoms with Gasteiger partial charge in [-0.3, -0.25) is 4.79 Å². The van der Waals surface area contributed by atoms with E-state index in [1.54, 1.807) is 0 Å². The normalized spacial score (nSPS) is 26.6. The van der Waals surface area contributed by atoms with Crippen molar-refractivity contribution in [3.05, 3.63) is 29.1 Å². The summed E-state index contributed by atoms with van der Waals surface area (Å²) in [5.74, 6) is -14.2. The number of esters is 1. The third kappa shape index (κ3) is 4.03. The molecule has 0 amide bonds. The molecule has 0 saturated heterocycles. The van der Waals surface area contributed by atoms with Crippen molar-refractivity contribution in [3.63, 3.8) is 0 Å². The van der Waals surface area contributed by atoms with Crippen molar-refractivity contribution in [2.75, 3.05) is 0 Å². The summed E-state index contributed by atoms with van der Waals surface area (Å²) in [5.41, 5.74) is -0.833. The standard InChI is InChI=1S/C22H29F5O3Si/c1-21(2,3)31(4,5)30-22-10-8-6-7-9-12(22)11-13(22)20(28)29-19-17(26)15(24)14(23)16(25)18(19)27/h12-13H,6-11H2,1-5H3/t12-,13+,22+/m0/s1. The van der Waals surface area contributed by atoms with Gasteiger partial charge in [0.25, 0.3) is 0 Å². The third-order valence-electron chi connectivity index (χ3n) is 7.33. The molecule has 0 aromatic heterocycles. The maximum absolute atomic E-state index is 14.0. The first kappa shape index (κ1) is 24.2. The Morgan fingerprint density at radius 3 is 2.03 bits per heavy atom. The first-order valence-corrected chi connectivity index (χ1v) is 13.6. The van der Waals surface area contributed by atoms with Gasteiger partial charge >= 0.3 is 5.97 Å². The molecule has 3 rings (SSSR count). The Balaban J connectivity index is 1.94. The van der Waals surface area contributed by atoms with Crippen molar-refractivity contribution in [3.8, 4) is 5.75 Å². The summed E-state index contributed by atoms with van der Waals surface area (Å²) in [6.07, 6.45) is 4.67. The van der Waals surface area contributed by atoms with Crippen LogP contribution in [0.4, 0.5) is 22.0 Å². The number of hydrogen-bond acceptors (Lipinski definition) is 3. The lowest BCUT2D eigenvalue weighted by Crippen LogP contribution is -2.65. The van der Waals surface area contributed by atoms with Crippen molar-refractivity contribution in [2.24, 2.45) is 11.8 Å². The minimum absolute atomic E-state index is 0.0954. The molecule has 31 heavy (non-hydrogen) atoms. The van der Waals surface area contributed by atoms with Gasteiger partial charge in [-0.15, -0.1) is 0 Å². The highest BCUT2D eigenvalue weighted by molar-refractivity contribution is 6.74. The molecule has 0 unspecified atom stereocenters. The number of fused-ring (bicyclic) bond motifs is 1. The van der Waals surface area contributed by atoms with E-state index >= 15 is 0 Å². The number of halogens is 5. The van der Waals surface area contributed by atoms with Crippen molar-refractivity contribution >= 4 is 14.3 Å². The zero-order chi connectivity index (χ0) is 23.4. The van der Waals surface area contributed by atoms with Crippen LogP contribution in [-0.2, 0) is 9.22 Å². The van der Waals surface area contributed by atoms with Crippen LogP contribution in [-0.4, -0.2) is 19.9 Å². The number of ether oxygens (including phenoxy) is 1. The molecular weight excluding hydrogens is 435 g/mol. The van der Waals surface area contributed by atoms with Crippen LogP contribution in [0.5, 0.6) is 5.75 Å². The summed E-state index contributed by atoms with van der Waals surface area (Å²) in [4.78, 5) is 13.0. The first-order chi connectivity index (χ1) is 14.2. The van der Waals surface area contributed by atoms with E-state index in [-0.39, 0.29) is 11.0 Å². The highest BCUT2D eigenvalue weighted by Crippen LogP contribution is 2.57. The van der Waals surface area contributed by atoms with Gasteiger partial charge < -0.3 is 9.16 Å². The topological polar surface area (TPSA) is 35.5 Å². The Labute approximate surface area is 180 Å². The summed E-state index contributed by atoms with van der Waals surface area (Å²) in [5, 5.41) is -0.135. The number of carbonyl (C=O) groups excluding carboxylic acids is 1. The maximum Gasteiger partial charge on any atom is 0.317 e. The highest BCUT2D eigenvalue weighted by Gasteiger charge is 2.62. The average molecular weight is 465 g/mol. The molecule has 174 valence electrons. The number of benzene rings is 1. The lowest BCUT2D eigenvalue weighted by atomic mass is 9.58. The minimum Gasteiger partial charge on any atom is -0.420 e. The summed E-state index contributed by atoms with van der Waals surface area (Å²) >= 11 is 0.